The van der Waals surface area contributed by atoms with Crippen molar-refractivity contribution in [3.05, 3.63) is 24.3 Å². The van der Waals surface area contributed by atoms with Crippen LogP contribution in [0.15, 0.2) is 24.3 Å². The van der Waals surface area contributed by atoms with Gasteiger partial charge >= 0.3 is 0 Å². The smallest absolute Gasteiger partial charge is 0.211 e. The van der Waals surface area contributed by atoms with Crippen LogP contribution in [0.1, 0.15) is 0 Å². The molecule has 0 radical (unpaired) electrons. The van der Waals surface area contributed by atoms with Gasteiger partial charge in [0.25, 0.3) is 0 Å². The highest BCUT2D eigenvalue weighted by Crippen LogP contribution is 2.18. The number of carbonyl (C=O) groups excluding carboxylic acids is 1. The van der Waals surface area contributed by atoms with Gasteiger partial charge in [-0.25, -0.2) is 0 Å². The molecular weight excluding hydrogens is 202 g/mol. The van der Waals surface area contributed by atoms with Crippen molar-refractivity contribution in [2.24, 2.45) is 0 Å². The molecule has 16 heavy (non-hydrogen) atoms. The molecule has 1 N–H and O–H groups in total. The SMILES string of the molecule is CN1CCN(c2ccc(NC=O)cc2)CC1. The predicted octanol–water partition coefficient (Wildman–Crippen LogP) is 1.01. The molecule has 1 heterocycles. The Kier molecular flexibility index (Phi) is 3.41. The number of rotatable bonds is 3. The maximum atomic E-state index is 10.3. The van der Waals surface area contributed by atoms with E-state index in [1.807, 2.05) is 12.1 Å². The maximum Gasteiger partial charge on any atom is 0.211 e. The van der Waals surface area contributed by atoms with Crippen LogP contribution in [0, 0.1) is 0 Å². The first-order valence-electron chi connectivity index (χ1n) is 5.53. The van der Waals surface area contributed by atoms with E-state index < -0.39 is 0 Å². The van der Waals surface area contributed by atoms with Crippen molar-refractivity contribution in [1.29, 1.82) is 0 Å². The van der Waals surface area contributed by atoms with Crippen LogP contribution in [0.4, 0.5) is 11.4 Å². The molecule has 0 atom stereocenters. The number of benzene rings is 1. The molecule has 1 fully saturated rings. The Morgan fingerprint density at radius 3 is 2.31 bits per heavy atom. The van der Waals surface area contributed by atoms with Gasteiger partial charge in [-0.05, 0) is 31.3 Å². The van der Waals surface area contributed by atoms with Gasteiger partial charge in [-0.15, -0.1) is 0 Å². The highest BCUT2D eigenvalue weighted by molar-refractivity contribution is 5.72. The van der Waals surface area contributed by atoms with Gasteiger partial charge in [-0.2, -0.15) is 0 Å². The number of piperazine rings is 1. The highest BCUT2D eigenvalue weighted by atomic mass is 16.1. The summed E-state index contributed by atoms with van der Waals surface area (Å²) in [7, 11) is 2.15. The maximum absolute atomic E-state index is 10.3. The second-order valence-corrected chi connectivity index (χ2v) is 4.10. The van der Waals surface area contributed by atoms with Crippen LogP contribution in [0.2, 0.25) is 0 Å². The summed E-state index contributed by atoms with van der Waals surface area (Å²) >= 11 is 0. The number of hydrogen-bond acceptors (Lipinski definition) is 3. The molecule has 2 rings (SSSR count). The Bertz CT molecular complexity index is 342. The number of carbonyl (C=O) groups is 1. The molecule has 0 saturated carbocycles. The predicted molar refractivity (Wildman–Crippen MR) is 65.8 cm³/mol. The van der Waals surface area contributed by atoms with Gasteiger partial charge in [0, 0.05) is 37.6 Å². The topological polar surface area (TPSA) is 35.6 Å². The minimum absolute atomic E-state index is 0.699. The second-order valence-electron chi connectivity index (χ2n) is 4.10. The molecule has 0 bridgehead atoms. The number of likely N-dealkylation sites (N-methyl/N-ethyl adjacent to an activating group) is 1. The zero-order chi connectivity index (χ0) is 11.4. The van der Waals surface area contributed by atoms with E-state index in [2.05, 4.69) is 34.3 Å². The van der Waals surface area contributed by atoms with Crippen LogP contribution in [-0.4, -0.2) is 44.5 Å². The quantitative estimate of drug-likeness (QED) is 0.771. The molecule has 0 unspecified atom stereocenters. The Hall–Kier alpha value is -1.55. The van der Waals surface area contributed by atoms with Crippen molar-refractivity contribution in [3.8, 4) is 0 Å². The van der Waals surface area contributed by atoms with Gasteiger partial charge in [0.15, 0.2) is 0 Å². The molecule has 86 valence electrons. The van der Waals surface area contributed by atoms with Crippen LogP contribution in [0.5, 0.6) is 0 Å². The van der Waals surface area contributed by atoms with E-state index in [1.54, 1.807) is 0 Å². The molecule has 1 saturated heterocycles. The minimum atomic E-state index is 0.699. The number of hydrogen-bond donors (Lipinski definition) is 1. The lowest BCUT2D eigenvalue weighted by Gasteiger charge is -2.34. The fraction of sp³-hybridized carbons (Fsp3) is 0.417. The lowest BCUT2D eigenvalue weighted by molar-refractivity contribution is -0.105. The van der Waals surface area contributed by atoms with Gasteiger partial charge in [0.05, 0.1) is 0 Å². The van der Waals surface area contributed by atoms with Crippen LogP contribution in [-0.2, 0) is 4.79 Å². The van der Waals surface area contributed by atoms with Crippen LogP contribution in [0.25, 0.3) is 0 Å². The molecule has 1 amide bonds. The van der Waals surface area contributed by atoms with Crippen molar-refractivity contribution in [2.75, 3.05) is 43.4 Å². The van der Waals surface area contributed by atoms with E-state index in [9.17, 15) is 4.79 Å². The van der Waals surface area contributed by atoms with Crippen LogP contribution >= 0.6 is 0 Å². The van der Waals surface area contributed by atoms with Gasteiger partial charge in [-0.1, -0.05) is 0 Å². The summed E-state index contributed by atoms with van der Waals surface area (Å²) < 4.78 is 0. The molecule has 0 spiro atoms. The fourth-order valence-corrected chi connectivity index (χ4v) is 1.90. The normalized spacial score (nSPS) is 17.2. The molecule has 4 nitrogen and oxygen atoms in total. The van der Waals surface area contributed by atoms with Crippen molar-refractivity contribution in [3.63, 3.8) is 0 Å². The standard InChI is InChI=1S/C12H17N3O/c1-14-6-8-15(9-7-14)12-4-2-11(3-5-12)13-10-16/h2-5,10H,6-9H2,1H3,(H,13,16). The lowest BCUT2D eigenvalue weighted by atomic mass is 10.2. The Morgan fingerprint density at radius 2 is 1.75 bits per heavy atom. The molecule has 1 aromatic rings. The number of nitrogens with one attached hydrogen (secondary N) is 1. The van der Waals surface area contributed by atoms with Crippen LogP contribution < -0.4 is 10.2 Å². The van der Waals surface area contributed by atoms with E-state index in [0.717, 1.165) is 31.9 Å². The van der Waals surface area contributed by atoms with E-state index in [4.69, 9.17) is 0 Å². The van der Waals surface area contributed by atoms with Crippen LogP contribution in [0.3, 0.4) is 0 Å². The van der Waals surface area contributed by atoms with Gasteiger partial charge in [0.1, 0.15) is 0 Å². The molecule has 1 aliphatic rings. The summed E-state index contributed by atoms with van der Waals surface area (Å²) in [5, 5.41) is 2.64. The third-order valence-corrected chi connectivity index (χ3v) is 2.96. The van der Waals surface area contributed by atoms with E-state index in [0.29, 0.717) is 6.41 Å². The Balaban J connectivity index is 2.01. The molecule has 0 aromatic heterocycles. The largest absolute Gasteiger partial charge is 0.369 e. The van der Waals surface area contributed by atoms with Gasteiger partial charge in [-0.3, -0.25) is 4.79 Å². The van der Waals surface area contributed by atoms with Crippen molar-refractivity contribution < 1.29 is 4.79 Å². The van der Waals surface area contributed by atoms with Crippen molar-refractivity contribution in [1.82, 2.24) is 4.90 Å². The zero-order valence-electron chi connectivity index (χ0n) is 9.52. The summed E-state index contributed by atoms with van der Waals surface area (Å²) in [6.07, 6.45) is 0.699. The van der Waals surface area contributed by atoms with Crippen molar-refractivity contribution in [2.45, 2.75) is 0 Å². The monoisotopic (exact) mass is 219 g/mol. The first kappa shape index (κ1) is 11.0. The fourth-order valence-electron chi connectivity index (χ4n) is 1.90. The highest BCUT2D eigenvalue weighted by Gasteiger charge is 2.13. The third kappa shape index (κ3) is 2.52. The first-order chi connectivity index (χ1) is 7.79. The van der Waals surface area contributed by atoms with E-state index >= 15 is 0 Å². The number of anilines is 2. The summed E-state index contributed by atoms with van der Waals surface area (Å²) in [5.41, 5.74) is 2.07. The molecule has 0 aliphatic carbocycles. The molecule has 1 aromatic carbocycles. The Labute approximate surface area is 95.8 Å². The first-order valence-corrected chi connectivity index (χ1v) is 5.53. The zero-order valence-corrected chi connectivity index (χ0v) is 9.52. The lowest BCUT2D eigenvalue weighted by Crippen LogP contribution is -2.44. The van der Waals surface area contributed by atoms with E-state index in [1.165, 1.54) is 5.69 Å². The second kappa shape index (κ2) is 4.99. The minimum Gasteiger partial charge on any atom is -0.369 e. The third-order valence-electron chi connectivity index (χ3n) is 2.96. The van der Waals surface area contributed by atoms with Gasteiger partial charge < -0.3 is 15.1 Å². The van der Waals surface area contributed by atoms with Gasteiger partial charge in [0.2, 0.25) is 6.41 Å². The van der Waals surface area contributed by atoms with E-state index in [-0.39, 0.29) is 0 Å². The average Bonchev–Trinajstić information content (AvgIpc) is 2.32. The average molecular weight is 219 g/mol. The molecular formula is C12H17N3O. The number of nitrogens with zero attached hydrogens (tertiary/aromatic N) is 2. The number of amides is 1. The van der Waals surface area contributed by atoms with Crippen molar-refractivity contribution >= 4 is 17.8 Å². The summed E-state index contributed by atoms with van der Waals surface area (Å²) in [6.45, 7) is 4.34. The summed E-state index contributed by atoms with van der Waals surface area (Å²) in [6, 6.07) is 7.97. The summed E-state index contributed by atoms with van der Waals surface area (Å²) in [4.78, 5) is 15.0. The molecule has 1 aliphatic heterocycles. The Morgan fingerprint density at radius 1 is 1.12 bits per heavy atom. The summed E-state index contributed by atoms with van der Waals surface area (Å²) in [5.74, 6) is 0. The molecule has 4 heteroatoms.